The van der Waals surface area contributed by atoms with E-state index in [-0.39, 0.29) is 12.5 Å². The summed E-state index contributed by atoms with van der Waals surface area (Å²) in [5.41, 5.74) is 7.05. The van der Waals surface area contributed by atoms with E-state index in [0.29, 0.717) is 23.6 Å². The molecule has 1 saturated heterocycles. The van der Waals surface area contributed by atoms with Gasteiger partial charge in [0.25, 0.3) is 0 Å². The van der Waals surface area contributed by atoms with Crippen LogP contribution in [0, 0.1) is 11.8 Å². The maximum atomic E-state index is 10.3. The second-order valence-corrected chi connectivity index (χ2v) is 10.7. The number of aliphatic hydroxyl groups excluding tert-OH is 2. The Kier molecular flexibility index (Phi) is 5.71. The van der Waals surface area contributed by atoms with Crippen molar-refractivity contribution in [2.45, 2.75) is 50.0 Å². The number of hydrogen-bond acceptors (Lipinski definition) is 3. The molecule has 2 aromatic carbocycles. The van der Waals surface area contributed by atoms with Crippen molar-refractivity contribution in [3.05, 3.63) is 95.3 Å². The molecule has 2 atom stereocenters. The molecule has 6 rings (SSSR count). The molecule has 34 heavy (non-hydrogen) atoms. The third kappa shape index (κ3) is 4.06. The molecule has 4 aliphatic rings. The molecule has 3 heteroatoms. The molecular weight excluding hydrogens is 418 g/mol. The van der Waals surface area contributed by atoms with Crippen LogP contribution in [0.5, 0.6) is 0 Å². The Bertz CT molecular complexity index is 1120. The average molecular weight is 454 g/mol. The Morgan fingerprint density at radius 1 is 1.00 bits per heavy atom. The van der Waals surface area contributed by atoms with E-state index in [1.807, 2.05) is 12.1 Å². The molecule has 0 amide bonds. The maximum absolute atomic E-state index is 10.3. The van der Waals surface area contributed by atoms with E-state index in [9.17, 15) is 10.2 Å². The molecular formula is C31H35NO2. The van der Waals surface area contributed by atoms with E-state index in [4.69, 9.17) is 0 Å². The Labute approximate surface area is 203 Å². The summed E-state index contributed by atoms with van der Waals surface area (Å²) in [6, 6.07) is 19.8. The zero-order chi connectivity index (χ0) is 23.1. The van der Waals surface area contributed by atoms with Crippen molar-refractivity contribution in [1.29, 1.82) is 0 Å². The number of likely N-dealkylation sites (tertiary alicyclic amines) is 1. The summed E-state index contributed by atoms with van der Waals surface area (Å²) < 4.78 is 0. The van der Waals surface area contributed by atoms with Crippen molar-refractivity contribution in [2.75, 3.05) is 19.7 Å². The van der Waals surface area contributed by atoms with Crippen LogP contribution in [0.2, 0.25) is 0 Å². The van der Waals surface area contributed by atoms with Crippen molar-refractivity contribution in [3.63, 3.8) is 0 Å². The summed E-state index contributed by atoms with van der Waals surface area (Å²) in [5.74, 6) is 2.21. The van der Waals surface area contributed by atoms with Crippen molar-refractivity contribution < 1.29 is 10.2 Å². The smallest absolute Gasteiger partial charge is 0.0931 e. The summed E-state index contributed by atoms with van der Waals surface area (Å²) in [6.45, 7) is 2.65. The molecule has 1 heterocycles. The number of allylic oxidation sites excluding steroid dienone is 6. The van der Waals surface area contributed by atoms with Crippen LogP contribution < -0.4 is 0 Å². The van der Waals surface area contributed by atoms with Crippen molar-refractivity contribution in [1.82, 2.24) is 4.90 Å². The fourth-order valence-corrected chi connectivity index (χ4v) is 6.37. The highest BCUT2D eigenvalue weighted by Crippen LogP contribution is 2.71. The average Bonchev–Trinajstić information content (AvgIpc) is 3.69. The van der Waals surface area contributed by atoms with Crippen LogP contribution in [0.3, 0.4) is 0 Å². The highest BCUT2D eigenvalue weighted by Gasteiger charge is 2.73. The second kappa shape index (κ2) is 8.87. The summed E-state index contributed by atoms with van der Waals surface area (Å²) >= 11 is 0. The van der Waals surface area contributed by atoms with Gasteiger partial charge in [-0.1, -0.05) is 66.7 Å². The number of benzene rings is 2. The summed E-state index contributed by atoms with van der Waals surface area (Å²) in [6.07, 6.45) is 12.3. The van der Waals surface area contributed by atoms with Crippen LogP contribution in [0.1, 0.15) is 61.1 Å². The first-order chi connectivity index (χ1) is 16.7. The molecule has 2 aromatic rings. The first kappa shape index (κ1) is 21.9. The first-order valence-corrected chi connectivity index (χ1v) is 13.0. The van der Waals surface area contributed by atoms with Gasteiger partial charge in [-0.25, -0.2) is 0 Å². The van der Waals surface area contributed by atoms with Gasteiger partial charge in [0, 0.05) is 31.0 Å². The lowest BCUT2D eigenvalue weighted by Crippen LogP contribution is -2.28. The van der Waals surface area contributed by atoms with Crippen molar-refractivity contribution in [3.8, 4) is 0 Å². The predicted octanol–water partition coefficient (Wildman–Crippen LogP) is 6.34. The Morgan fingerprint density at radius 3 is 2.44 bits per heavy atom. The van der Waals surface area contributed by atoms with E-state index in [1.165, 1.54) is 60.2 Å². The van der Waals surface area contributed by atoms with Gasteiger partial charge in [0.2, 0.25) is 0 Å². The van der Waals surface area contributed by atoms with Crippen molar-refractivity contribution >= 4 is 11.1 Å². The number of nitrogens with zero attached hydrogens (tertiary/aromatic N) is 1. The Hall–Kier alpha value is -2.62. The first-order valence-electron chi connectivity index (χ1n) is 13.0. The van der Waals surface area contributed by atoms with Crippen LogP contribution in [0.25, 0.3) is 11.1 Å². The molecule has 2 unspecified atom stereocenters. The second-order valence-electron chi connectivity index (χ2n) is 10.7. The van der Waals surface area contributed by atoms with Crippen LogP contribution in [0.15, 0.2) is 78.6 Å². The lowest BCUT2D eigenvalue weighted by molar-refractivity contribution is 0.271. The highest BCUT2D eigenvalue weighted by atomic mass is 16.3. The topological polar surface area (TPSA) is 43.7 Å². The molecule has 176 valence electrons. The standard InChI is InChI=1S/C31H35NO2/c33-17-5-10-29(23-6-2-1-3-7-23)30(25-8-4-9-28(34)18-25)24-13-11-22(12-14-24)26-15-16-32(21-26)31-19-27(31)20-31/h1-4,6-9,11-14,25-27,33-34H,5,10,15-21H2/b30-29+. The molecule has 2 saturated carbocycles. The van der Waals surface area contributed by atoms with Gasteiger partial charge in [0.1, 0.15) is 0 Å². The SMILES string of the molecule is OCCC/C(=C(/c1ccc(C2CCN(C34CC3C4)C2)cc1)C1C=CC=C(O)C1)c1ccccc1. The minimum atomic E-state index is 0.118. The number of aliphatic hydroxyl groups is 2. The van der Waals surface area contributed by atoms with E-state index in [2.05, 4.69) is 59.5 Å². The van der Waals surface area contributed by atoms with E-state index in [0.717, 1.165) is 18.8 Å². The third-order valence-corrected chi connectivity index (χ3v) is 8.61. The van der Waals surface area contributed by atoms with Gasteiger partial charge < -0.3 is 10.2 Å². The minimum Gasteiger partial charge on any atom is -0.512 e. The van der Waals surface area contributed by atoms with Gasteiger partial charge in [-0.3, -0.25) is 4.90 Å². The van der Waals surface area contributed by atoms with E-state index in [1.54, 1.807) is 6.08 Å². The Morgan fingerprint density at radius 2 is 1.76 bits per heavy atom. The Balaban J connectivity index is 1.34. The van der Waals surface area contributed by atoms with E-state index >= 15 is 0 Å². The molecule has 3 nitrogen and oxygen atoms in total. The van der Waals surface area contributed by atoms with Gasteiger partial charge in [0.15, 0.2) is 0 Å². The van der Waals surface area contributed by atoms with Gasteiger partial charge >= 0.3 is 0 Å². The third-order valence-electron chi connectivity index (χ3n) is 8.61. The summed E-state index contributed by atoms with van der Waals surface area (Å²) in [4.78, 5) is 2.77. The van der Waals surface area contributed by atoms with Crippen molar-refractivity contribution in [2.24, 2.45) is 11.8 Å². The fraction of sp³-hybridized carbons (Fsp3) is 0.419. The van der Waals surface area contributed by atoms with Crippen LogP contribution in [-0.2, 0) is 0 Å². The lowest BCUT2D eigenvalue weighted by Gasteiger charge is -2.25. The molecule has 2 N–H and O–H groups in total. The van der Waals surface area contributed by atoms with Gasteiger partial charge in [0.05, 0.1) is 5.76 Å². The molecule has 0 aromatic heterocycles. The highest BCUT2D eigenvalue weighted by molar-refractivity contribution is 5.92. The zero-order valence-corrected chi connectivity index (χ0v) is 19.9. The number of fused-ring (bicyclic) bond motifs is 1. The normalized spacial score (nSPS) is 30.5. The molecule has 1 aliphatic heterocycles. The summed E-state index contributed by atoms with van der Waals surface area (Å²) in [7, 11) is 0. The molecule has 0 radical (unpaired) electrons. The van der Waals surface area contributed by atoms with E-state index < -0.39 is 0 Å². The molecule has 0 spiro atoms. The summed E-state index contributed by atoms with van der Waals surface area (Å²) in [5, 5.41) is 20.0. The number of rotatable bonds is 8. The lowest BCUT2D eigenvalue weighted by atomic mass is 9.80. The van der Waals surface area contributed by atoms with Crippen LogP contribution in [0.4, 0.5) is 0 Å². The van der Waals surface area contributed by atoms with Crippen LogP contribution >= 0.6 is 0 Å². The van der Waals surface area contributed by atoms with Gasteiger partial charge in [-0.2, -0.15) is 0 Å². The molecule has 0 bridgehead atoms. The molecule has 3 aliphatic carbocycles. The minimum absolute atomic E-state index is 0.118. The quantitative estimate of drug-likeness (QED) is 0.459. The van der Waals surface area contributed by atoms with Crippen LogP contribution in [-0.4, -0.2) is 40.3 Å². The van der Waals surface area contributed by atoms with Gasteiger partial charge in [-0.05, 0) is 84.4 Å². The predicted molar refractivity (Wildman–Crippen MR) is 138 cm³/mol. The fourth-order valence-electron chi connectivity index (χ4n) is 6.37. The number of hydrogen-bond donors (Lipinski definition) is 2. The monoisotopic (exact) mass is 453 g/mol. The zero-order valence-electron chi connectivity index (χ0n) is 19.9. The largest absolute Gasteiger partial charge is 0.512 e. The maximum Gasteiger partial charge on any atom is 0.0931 e. The molecule has 3 fully saturated rings. The van der Waals surface area contributed by atoms with Gasteiger partial charge in [-0.15, -0.1) is 0 Å².